The van der Waals surface area contributed by atoms with Gasteiger partial charge in [-0.05, 0) is 57.4 Å². The molecule has 0 aliphatic rings. The zero-order valence-electron chi connectivity index (χ0n) is 18.4. The van der Waals surface area contributed by atoms with Crippen LogP contribution in [0.5, 0.6) is 5.75 Å². The first kappa shape index (κ1) is 22.0. The summed E-state index contributed by atoms with van der Waals surface area (Å²) in [5.74, 6) is 0.956. The maximum Gasteiger partial charge on any atom is 0.331 e. The Balaban J connectivity index is 2.29. The molecule has 2 heterocycles. The van der Waals surface area contributed by atoms with Crippen LogP contribution in [0.2, 0.25) is 0 Å². The summed E-state index contributed by atoms with van der Waals surface area (Å²) in [4.78, 5) is 31.9. The van der Waals surface area contributed by atoms with Crippen LogP contribution in [-0.4, -0.2) is 29.2 Å². The second-order valence-electron chi connectivity index (χ2n) is 7.71. The van der Waals surface area contributed by atoms with E-state index in [9.17, 15) is 9.59 Å². The van der Waals surface area contributed by atoms with E-state index in [4.69, 9.17) is 14.5 Å². The molecule has 0 saturated carbocycles. The number of carbonyl (C=O) groups is 1. The lowest BCUT2D eigenvalue weighted by Gasteiger charge is -2.27. The summed E-state index contributed by atoms with van der Waals surface area (Å²) in [6, 6.07) is 5.84. The molecule has 0 saturated heterocycles. The van der Waals surface area contributed by atoms with Gasteiger partial charge in [-0.25, -0.2) is 9.78 Å². The Morgan fingerprint density at radius 2 is 2.00 bits per heavy atom. The second-order valence-corrected chi connectivity index (χ2v) is 8.57. The van der Waals surface area contributed by atoms with Gasteiger partial charge in [-0.1, -0.05) is 13.0 Å². The van der Waals surface area contributed by atoms with Gasteiger partial charge in [0.1, 0.15) is 21.9 Å². The fraction of sp³-hybridized carbons (Fsp3) is 0.435. The summed E-state index contributed by atoms with van der Waals surface area (Å²) < 4.78 is 12.1. The number of benzene rings is 1. The van der Waals surface area contributed by atoms with Crippen LogP contribution in [-0.2, 0) is 21.5 Å². The Morgan fingerprint density at radius 3 is 2.60 bits per heavy atom. The number of methoxy groups -OCH3 is 1. The normalized spacial score (nSPS) is 11.7. The summed E-state index contributed by atoms with van der Waals surface area (Å²) in [7, 11) is 1.64. The molecule has 3 aromatic rings. The molecule has 3 rings (SSSR count). The Labute approximate surface area is 180 Å². The molecule has 0 aliphatic heterocycles. The Morgan fingerprint density at radius 1 is 1.27 bits per heavy atom. The quantitative estimate of drug-likeness (QED) is 0.511. The number of hydrogen-bond donors (Lipinski definition) is 0. The summed E-state index contributed by atoms with van der Waals surface area (Å²) >= 11 is 1.44. The van der Waals surface area contributed by atoms with Gasteiger partial charge in [-0.3, -0.25) is 9.36 Å². The van der Waals surface area contributed by atoms with Crippen molar-refractivity contribution in [3.05, 3.63) is 45.3 Å². The molecule has 0 fully saturated rings. The number of nitrogens with zero attached hydrogens (tertiary/aromatic N) is 2. The lowest BCUT2D eigenvalue weighted by Crippen LogP contribution is -2.45. The number of ether oxygens (including phenoxy) is 2. The summed E-state index contributed by atoms with van der Waals surface area (Å²) in [6.07, 6.45) is 1.41. The monoisotopic (exact) mass is 428 g/mol. The van der Waals surface area contributed by atoms with Crippen LogP contribution >= 0.6 is 11.3 Å². The minimum atomic E-state index is -1.16. The van der Waals surface area contributed by atoms with Crippen LogP contribution in [0.15, 0.2) is 28.4 Å². The van der Waals surface area contributed by atoms with E-state index in [0.717, 1.165) is 28.9 Å². The number of esters is 1. The molecule has 6 nitrogen and oxygen atoms in total. The number of rotatable bonds is 7. The van der Waals surface area contributed by atoms with Crippen molar-refractivity contribution >= 4 is 27.5 Å². The van der Waals surface area contributed by atoms with Crippen LogP contribution < -0.4 is 10.3 Å². The van der Waals surface area contributed by atoms with E-state index in [1.165, 1.54) is 15.9 Å². The third kappa shape index (κ3) is 3.74. The predicted octanol–water partition coefficient (Wildman–Crippen LogP) is 4.69. The van der Waals surface area contributed by atoms with Crippen molar-refractivity contribution in [2.45, 2.75) is 53.0 Å². The fourth-order valence-corrected chi connectivity index (χ4v) is 4.61. The maximum absolute atomic E-state index is 13.7. The van der Waals surface area contributed by atoms with E-state index in [0.29, 0.717) is 22.5 Å². The first-order valence-corrected chi connectivity index (χ1v) is 11.0. The lowest BCUT2D eigenvalue weighted by molar-refractivity contribution is -0.152. The van der Waals surface area contributed by atoms with E-state index in [-0.39, 0.29) is 12.2 Å². The standard InChI is InChI=1S/C23H28N2O4S/c1-7-9-18-24-20-19(21(26)25(18)23(4,5)22(27)29-8-2)16(13-30-20)15-10-11-17(28-6)14(3)12-15/h10-13H,7-9H2,1-6H3. The van der Waals surface area contributed by atoms with Gasteiger partial charge >= 0.3 is 5.97 Å². The third-order valence-corrected chi connectivity index (χ3v) is 6.06. The smallest absolute Gasteiger partial charge is 0.331 e. The zero-order valence-corrected chi connectivity index (χ0v) is 19.2. The molecule has 0 spiro atoms. The van der Waals surface area contributed by atoms with Gasteiger partial charge in [0.25, 0.3) is 5.56 Å². The first-order valence-electron chi connectivity index (χ1n) is 10.1. The first-order chi connectivity index (χ1) is 14.3. The molecular weight excluding hydrogens is 400 g/mol. The lowest BCUT2D eigenvalue weighted by atomic mass is 10.0. The number of aromatic nitrogens is 2. The molecule has 0 radical (unpaired) electrons. The van der Waals surface area contributed by atoms with Gasteiger partial charge in [0, 0.05) is 17.4 Å². The van der Waals surface area contributed by atoms with E-state index >= 15 is 0 Å². The molecule has 30 heavy (non-hydrogen) atoms. The van der Waals surface area contributed by atoms with Crippen molar-refractivity contribution < 1.29 is 14.3 Å². The topological polar surface area (TPSA) is 70.4 Å². The largest absolute Gasteiger partial charge is 0.496 e. The molecule has 0 aliphatic carbocycles. The number of fused-ring (bicyclic) bond motifs is 1. The molecule has 0 bridgehead atoms. The van der Waals surface area contributed by atoms with Gasteiger partial charge in [0.15, 0.2) is 0 Å². The minimum Gasteiger partial charge on any atom is -0.496 e. The average Bonchev–Trinajstić information content (AvgIpc) is 3.12. The molecule has 0 unspecified atom stereocenters. The van der Waals surface area contributed by atoms with Gasteiger partial charge in [0.05, 0.1) is 19.1 Å². The van der Waals surface area contributed by atoms with Crippen molar-refractivity contribution in [2.24, 2.45) is 0 Å². The van der Waals surface area contributed by atoms with Gasteiger partial charge in [0.2, 0.25) is 0 Å². The van der Waals surface area contributed by atoms with Gasteiger partial charge in [-0.2, -0.15) is 0 Å². The van der Waals surface area contributed by atoms with Crippen LogP contribution in [0.4, 0.5) is 0 Å². The van der Waals surface area contributed by atoms with Crippen molar-refractivity contribution in [1.29, 1.82) is 0 Å². The molecule has 1 aromatic carbocycles. The van der Waals surface area contributed by atoms with Gasteiger partial charge in [-0.15, -0.1) is 11.3 Å². The molecule has 160 valence electrons. The van der Waals surface area contributed by atoms with E-state index in [1.54, 1.807) is 27.9 Å². The van der Waals surface area contributed by atoms with Crippen molar-refractivity contribution in [3.8, 4) is 16.9 Å². The SMILES string of the molecule is CCCc1nc2scc(-c3ccc(OC)c(C)c3)c2c(=O)n1C(C)(C)C(=O)OCC. The minimum absolute atomic E-state index is 0.216. The molecule has 2 aromatic heterocycles. The highest BCUT2D eigenvalue weighted by Gasteiger charge is 2.35. The maximum atomic E-state index is 13.7. The van der Waals surface area contributed by atoms with Crippen LogP contribution in [0, 0.1) is 6.92 Å². The molecule has 0 atom stereocenters. The number of thiophene rings is 1. The zero-order chi connectivity index (χ0) is 22.1. The Hall–Kier alpha value is -2.67. The van der Waals surface area contributed by atoms with Crippen LogP contribution in [0.25, 0.3) is 21.3 Å². The third-order valence-electron chi connectivity index (χ3n) is 5.19. The molecule has 0 amide bonds. The molecule has 7 heteroatoms. The highest BCUT2D eigenvalue weighted by atomic mass is 32.1. The van der Waals surface area contributed by atoms with Crippen molar-refractivity contribution in [1.82, 2.24) is 9.55 Å². The van der Waals surface area contributed by atoms with E-state index in [1.807, 2.05) is 37.4 Å². The highest BCUT2D eigenvalue weighted by Crippen LogP contribution is 2.34. The summed E-state index contributed by atoms with van der Waals surface area (Å²) in [5, 5.41) is 2.49. The highest BCUT2D eigenvalue weighted by molar-refractivity contribution is 7.17. The van der Waals surface area contributed by atoms with E-state index < -0.39 is 11.5 Å². The van der Waals surface area contributed by atoms with Crippen LogP contribution in [0.1, 0.15) is 45.5 Å². The fourth-order valence-electron chi connectivity index (χ4n) is 3.66. The summed E-state index contributed by atoms with van der Waals surface area (Å²) in [5.41, 5.74) is 1.34. The Bertz CT molecular complexity index is 1140. The summed E-state index contributed by atoms with van der Waals surface area (Å²) in [6.45, 7) is 9.43. The average molecular weight is 429 g/mol. The second kappa shape index (κ2) is 8.60. The molecule has 0 N–H and O–H groups in total. The van der Waals surface area contributed by atoms with Crippen molar-refractivity contribution in [2.75, 3.05) is 13.7 Å². The Kier molecular flexibility index (Phi) is 6.31. The number of carbonyl (C=O) groups excluding carboxylic acids is 1. The van der Waals surface area contributed by atoms with E-state index in [2.05, 4.69) is 0 Å². The molecular formula is C23H28N2O4S. The van der Waals surface area contributed by atoms with Crippen molar-refractivity contribution in [3.63, 3.8) is 0 Å². The number of hydrogen-bond acceptors (Lipinski definition) is 6. The predicted molar refractivity (Wildman–Crippen MR) is 121 cm³/mol. The van der Waals surface area contributed by atoms with Crippen LogP contribution in [0.3, 0.4) is 0 Å². The van der Waals surface area contributed by atoms with Gasteiger partial charge < -0.3 is 9.47 Å². The number of aryl methyl sites for hydroxylation is 2.